The molecule has 2 aromatic heterocycles. The Balaban J connectivity index is 2.02. The fourth-order valence-electron chi connectivity index (χ4n) is 1.93. The van der Waals surface area contributed by atoms with E-state index in [2.05, 4.69) is 10.4 Å². The molecule has 0 aliphatic carbocycles. The molecule has 0 radical (unpaired) electrons. The summed E-state index contributed by atoms with van der Waals surface area (Å²) in [5, 5.41) is 20.6. The van der Waals surface area contributed by atoms with Crippen LogP contribution in [0.15, 0.2) is 40.5 Å². The third kappa shape index (κ3) is 2.39. The van der Waals surface area contributed by atoms with E-state index in [0.717, 1.165) is 15.4 Å². The molecule has 2 heterocycles. The Kier molecular flexibility index (Phi) is 3.51. The molecular formula is C12H8FN5O3S. The summed E-state index contributed by atoms with van der Waals surface area (Å²) in [5.74, 6) is -0.772. The molecule has 22 heavy (non-hydrogen) atoms. The van der Waals surface area contributed by atoms with Crippen LogP contribution in [0.5, 0.6) is 0 Å². The van der Waals surface area contributed by atoms with Gasteiger partial charge in [0, 0.05) is 6.07 Å². The Morgan fingerprint density at radius 2 is 2.09 bits per heavy atom. The predicted octanol–water partition coefficient (Wildman–Crippen LogP) is 1.59. The highest BCUT2D eigenvalue weighted by Gasteiger charge is 2.20. The highest BCUT2D eigenvalue weighted by molar-refractivity contribution is 7.12. The van der Waals surface area contributed by atoms with Gasteiger partial charge in [-0.2, -0.15) is 9.36 Å². The number of aromatic nitrogens is 4. The highest BCUT2D eigenvalue weighted by Crippen LogP contribution is 2.21. The zero-order valence-electron chi connectivity index (χ0n) is 10.9. The normalized spacial score (nSPS) is 10.8. The van der Waals surface area contributed by atoms with Crippen molar-refractivity contribution in [2.45, 2.75) is 6.54 Å². The van der Waals surface area contributed by atoms with Gasteiger partial charge < -0.3 is 0 Å². The molecule has 10 heteroatoms. The molecule has 0 bridgehead atoms. The fraction of sp³-hybridized carbons (Fsp3) is 0.0833. The molecular weight excluding hydrogens is 313 g/mol. The van der Waals surface area contributed by atoms with Gasteiger partial charge in [0.15, 0.2) is 0 Å². The highest BCUT2D eigenvalue weighted by atomic mass is 32.1. The molecule has 0 N–H and O–H groups in total. The van der Waals surface area contributed by atoms with Crippen LogP contribution in [0.2, 0.25) is 0 Å². The van der Waals surface area contributed by atoms with E-state index in [1.54, 1.807) is 17.5 Å². The molecule has 0 aliphatic rings. The molecule has 3 aromatic rings. The van der Waals surface area contributed by atoms with E-state index in [4.69, 9.17) is 0 Å². The summed E-state index contributed by atoms with van der Waals surface area (Å²) in [5.41, 5.74) is -1.22. The maximum Gasteiger partial charge on any atom is 0.369 e. The van der Waals surface area contributed by atoms with Crippen LogP contribution in [0.25, 0.3) is 5.00 Å². The summed E-state index contributed by atoms with van der Waals surface area (Å²) < 4.78 is 15.8. The molecule has 0 aliphatic heterocycles. The van der Waals surface area contributed by atoms with E-state index < -0.39 is 22.1 Å². The second-order valence-electron chi connectivity index (χ2n) is 4.28. The van der Waals surface area contributed by atoms with Gasteiger partial charge in [0.05, 0.1) is 17.0 Å². The van der Waals surface area contributed by atoms with Crippen molar-refractivity contribution >= 4 is 17.0 Å². The van der Waals surface area contributed by atoms with Gasteiger partial charge >= 0.3 is 5.69 Å². The number of halogens is 1. The van der Waals surface area contributed by atoms with Crippen LogP contribution >= 0.6 is 11.3 Å². The summed E-state index contributed by atoms with van der Waals surface area (Å²) in [6.45, 7) is -0.368. The molecule has 0 spiro atoms. The van der Waals surface area contributed by atoms with Crippen molar-refractivity contribution in [2.75, 3.05) is 0 Å². The quantitative estimate of drug-likeness (QED) is 0.537. The van der Waals surface area contributed by atoms with Crippen LogP contribution in [0.1, 0.15) is 5.56 Å². The smallest absolute Gasteiger partial charge is 0.258 e. The summed E-state index contributed by atoms with van der Waals surface area (Å²) >= 11 is 1.29. The first kappa shape index (κ1) is 14.1. The maximum atomic E-state index is 13.8. The first-order valence-corrected chi connectivity index (χ1v) is 6.94. The number of thiophene rings is 1. The zero-order chi connectivity index (χ0) is 15.7. The van der Waals surface area contributed by atoms with Gasteiger partial charge in [0.1, 0.15) is 10.8 Å². The number of hydrogen-bond acceptors (Lipinski definition) is 6. The van der Waals surface area contributed by atoms with Crippen LogP contribution < -0.4 is 5.69 Å². The minimum Gasteiger partial charge on any atom is -0.258 e. The molecule has 0 atom stereocenters. The van der Waals surface area contributed by atoms with Gasteiger partial charge in [-0.3, -0.25) is 10.1 Å². The van der Waals surface area contributed by atoms with E-state index >= 15 is 0 Å². The molecule has 1 aromatic carbocycles. The Labute approximate surface area is 126 Å². The lowest BCUT2D eigenvalue weighted by atomic mass is 10.1. The second kappa shape index (κ2) is 5.48. The van der Waals surface area contributed by atoms with Crippen molar-refractivity contribution in [1.82, 2.24) is 19.8 Å². The molecule has 8 nitrogen and oxygen atoms in total. The molecule has 3 rings (SSSR count). The molecule has 0 amide bonds. The van der Waals surface area contributed by atoms with Crippen LogP contribution in [0.4, 0.5) is 10.1 Å². The van der Waals surface area contributed by atoms with Crippen molar-refractivity contribution < 1.29 is 9.31 Å². The van der Waals surface area contributed by atoms with Crippen molar-refractivity contribution in [1.29, 1.82) is 0 Å². The van der Waals surface area contributed by atoms with E-state index in [-0.39, 0.29) is 12.1 Å². The summed E-state index contributed by atoms with van der Waals surface area (Å²) in [7, 11) is 0. The van der Waals surface area contributed by atoms with E-state index in [1.165, 1.54) is 23.5 Å². The van der Waals surface area contributed by atoms with Crippen molar-refractivity contribution in [3.63, 3.8) is 0 Å². The van der Waals surface area contributed by atoms with Crippen molar-refractivity contribution in [3.05, 3.63) is 67.7 Å². The largest absolute Gasteiger partial charge is 0.369 e. The summed E-state index contributed by atoms with van der Waals surface area (Å²) in [4.78, 5) is 22.4. The molecule has 0 fully saturated rings. The van der Waals surface area contributed by atoms with Crippen molar-refractivity contribution in [2.24, 2.45) is 0 Å². The SMILES string of the molecule is O=c1n(Cc2c(F)cccc2[N+](=O)[O-])nnn1-c1cccs1. The lowest BCUT2D eigenvalue weighted by Gasteiger charge is -2.03. The first-order valence-electron chi connectivity index (χ1n) is 6.06. The van der Waals surface area contributed by atoms with E-state index in [0.29, 0.717) is 5.00 Å². The van der Waals surface area contributed by atoms with Gasteiger partial charge in [0.25, 0.3) is 5.69 Å². The van der Waals surface area contributed by atoms with Gasteiger partial charge in [-0.25, -0.2) is 9.18 Å². The van der Waals surface area contributed by atoms with Gasteiger partial charge in [-0.1, -0.05) is 6.07 Å². The predicted molar refractivity (Wildman–Crippen MR) is 75.7 cm³/mol. The topological polar surface area (TPSA) is 95.8 Å². The number of nitro groups is 1. The molecule has 0 saturated carbocycles. The fourth-order valence-corrected chi connectivity index (χ4v) is 2.59. The Bertz CT molecular complexity index is 887. The summed E-state index contributed by atoms with van der Waals surface area (Å²) in [6, 6.07) is 6.93. The molecule has 112 valence electrons. The summed E-state index contributed by atoms with van der Waals surface area (Å²) in [6.07, 6.45) is 0. The number of benzene rings is 1. The standard InChI is InChI=1S/C12H8FN5O3S/c13-9-3-1-4-10(18(20)21)8(9)7-16-12(19)17(15-14-16)11-5-2-6-22-11/h1-6H,7H2. The lowest BCUT2D eigenvalue weighted by molar-refractivity contribution is -0.385. The minimum absolute atomic E-state index is 0.215. The Morgan fingerprint density at radius 1 is 1.27 bits per heavy atom. The first-order chi connectivity index (χ1) is 10.6. The Morgan fingerprint density at radius 3 is 2.77 bits per heavy atom. The van der Waals surface area contributed by atoms with Crippen molar-refractivity contribution in [3.8, 4) is 5.00 Å². The van der Waals surface area contributed by atoms with E-state index in [9.17, 15) is 19.3 Å². The number of tetrazole rings is 1. The van der Waals surface area contributed by atoms with Gasteiger partial charge in [0.2, 0.25) is 0 Å². The monoisotopic (exact) mass is 321 g/mol. The average Bonchev–Trinajstić information content (AvgIpc) is 3.11. The Hall–Kier alpha value is -2.88. The van der Waals surface area contributed by atoms with Gasteiger partial charge in [-0.15, -0.1) is 11.3 Å². The number of rotatable bonds is 4. The second-order valence-corrected chi connectivity index (χ2v) is 5.20. The lowest BCUT2D eigenvalue weighted by Crippen LogP contribution is -2.25. The van der Waals surface area contributed by atoms with E-state index in [1.807, 2.05) is 0 Å². The number of nitrogens with zero attached hydrogens (tertiary/aromatic N) is 5. The van der Waals surface area contributed by atoms with Crippen LogP contribution in [0.3, 0.4) is 0 Å². The van der Waals surface area contributed by atoms with Gasteiger partial charge in [-0.05, 0) is 34.0 Å². The van der Waals surface area contributed by atoms with Crippen LogP contribution in [-0.2, 0) is 6.54 Å². The van der Waals surface area contributed by atoms with Crippen LogP contribution in [0, 0.1) is 15.9 Å². The third-order valence-electron chi connectivity index (χ3n) is 2.95. The van der Waals surface area contributed by atoms with Crippen LogP contribution in [-0.4, -0.2) is 24.7 Å². The maximum absolute atomic E-state index is 13.8. The number of hydrogen-bond donors (Lipinski definition) is 0. The zero-order valence-corrected chi connectivity index (χ0v) is 11.7. The molecule has 0 unspecified atom stereocenters. The molecule has 0 saturated heterocycles. The number of nitro benzene ring substituents is 1. The average molecular weight is 321 g/mol. The minimum atomic E-state index is -0.772. The third-order valence-corrected chi connectivity index (χ3v) is 3.80.